The molecule has 0 radical (unpaired) electrons. The van der Waals surface area contributed by atoms with Gasteiger partial charge in [0.25, 0.3) is 5.56 Å². The molecule has 0 amide bonds. The molecule has 20 heavy (non-hydrogen) atoms. The van der Waals surface area contributed by atoms with Crippen LogP contribution in [-0.4, -0.2) is 40.6 Å². The Morgan fingerprint density at radius 2 is 2.05 bits per heavy atom. The molecular formula is C15H28N4O. The normalized spacial score (nSPS) is 11.3. The summed E-state index contributed by atoms with van der Waals surface area (Å²) < 4.78 is 1.73. The molecule has 0 aliphatic rings. The van der Waals surface area contributed by atoms with E-state index in [1.165, 1.54) is 0 Å². The van der Waals surface area contributed by atoms with Crippen molar-refractivity contribution in [3.05, 3.63) is 22.7 Å². The SMILES string of the molecule is CCN(CC)CCCNc1nccn(CC(C)C)c1=O. The van der Waals surface area contributed by atoms with Gasteiger partial charge in [0.15, 0.2) is 5.82 Å². The smallest absolute Gasteiger partial charge is 0.293 e. The second-order valence-corrected chi connectivity index (χ2v) is 5.43. The molecule has 114 valence electrons. The van der Waals surface area contributed by atoms with Crippen molar-refractivity contribution in [3.8, 4) is 0 Å². The quantitative estimate of drug-likeness (QED) is 0.703. The molecule has 1 aromatic heterocycles. The van der Waals surface area contributed by atoms with Crippen LogP contribution in [0.15, 0.2) is 17.2 Å². The van der Waals surface area contributed by atoms with Crippen LogP contribution >= 0.6 is 0 Å². The number of nitrogens with zero attached hydrogens (tertiary/aromatic N) is 3. The summed E-state index contributed by atoms with van der Waals surface area (Å²) in [6, 6.07) is 0. The van der Waals surface area contributed by atoms with E-state index >= 15 is 0 Å². The average molecular weight is 280 g/mol. The molecule has 0 saturated carbocycles. The zero-order valence-electron chi connectivity index (χ0n) is 13.2. The Balaban J connectivity index is 2.50. The van der Waals surface area contributed by atoms with Crippen molar-refractivity contribution in [2.75, 3.05) is 31.5 Å². The summed E-state index contributed by atoms with van der Waals surface area (Å²) in [5, 5.41) is 3.16. The monoisotopic (exact) mass is 280 g/mol. The lowest BCUT2D eigenvalue weighted by Crippen LogP contribution is -2.28. The minimum absolute atomic E-state index is 0.0240. The van der Waals surface area contributed by atoms with Crippen LogP contribution in [0.25, 0.3) is 0 Å². The molecule has 0 fully saturated rings. The zero-order valence-corrected chi connectivity index (χ0v) is 13.2. The minimum atomic E-state index is -0.0240. The summed E-state index contributed by atoms with van der Waals surface area (Å²) in [6.07, 6.45) is 4.46. The van der Waals surface area contributed by atoms with Gasteiger partial charge in [-0.25, -0.2) is 4.98 Å². The Labute approximate surface area is 122 Å². The molecule has 1 heterocycles. The van der Waals surface area contributed by atoms with Crippen LogP contribution in [-0.2, 0) is 6.54 Å². The van der Waals surface area contributed by atoms with Crippen molar-refractivity contribution < 1.29 is 0 Å². The maximum atomic E-state index is 12.2. The van der Waals surface area contributed by atoms with Gasteiger partial charge in [-0.3, -0.25) is 4.79 Å². The summed E-state index contributed by atoms with van der Waals surface area (Å²) in [5.41, 5.74) is -0.0240. The number of rotatable bonds is 9. The highest BCUT2D eigenvalue weighted by atomic mass is 16.1. The van der Waals surface area contributed by atoms with Crippen molar-refractivity contribution in [2.24, 2.45) is 5.92 Å². The Bertz CT molecular complexity index is 438. The second kappa shape index (κ2) is 8.74. The Morgan fingerprint density at radius 3 is 2.65 bits per heavy atom. The van der Waals surface area contributed by atoms with Gasteiger partial charge in [0, 0.05) is 25.5 Å². The van der Waals surface area contributed by atoms with Crippen molar-refractivity contribution in [2.45, 2.75) is 40.7 Å². The molecule has 0 spiro atoms. The van der Waals surface area contributed by atoms with Gasteiger partial charge in [-0.1, -0.05) is 27.7 Å². The van der Waals surface area contributed by atoms with E-state index in [0.717, 1.165) is 39.1 Å². The van der Waals surface area contributed by atoms with E-state index in [0.29, 0.717) is 11.7 Å². The first-order valence-electron chi connectivity index (χ1n) is 7.60. The van der Waals surface area contributed by atoms with Gasteiger partial charge in [-0.2, -0.15) is 0 Å². The van der Waals surface area contributed by atoms with E-state index in [9.17, 15) is 4.79 Å². The van der Waals surface area contributed by atoms with Crippen LogP contribution in [0.2, 0.25) is 0 Å². The summed E-state index contributed by atoms with van der Waals surface area (Å²) in [5.74, 6) is 0.915. The van der Waals surface area contributed by atoms with Crippen molar-refractivity contribution in [1.82, 2.24) is 14.5 Å². The lowest BCUT2D eigenvalue weighted by molar-refractivity contribution is 0.303. The standard InChI is InChI=1S/C15H28N4O/c1-5-18(6-2)10-7-8-16-14-15(20)19(11-9-17-14)12-13(3)4/h9,11,13H,5-8,10,12H2,1-4H3,(H,16,17). The highest BCUT2D eigenvalue weighted by Crippen LogP contribution is 1.99. The van der Waals surface area contributed by atoms with Crippen LogP contribution in [0.5, 0.6) is 0 Å². The third-order valence-electron chi connectivity index (χ3n) is 3.31. The number of hydrogen-bond acceptors (Lipinski definition) is 4. The fourth-order valence-corrected chi connectivity index (χ4v) is 2.15. The summed E-state index contributed by atoms with van der Waals surface area (Å²) in [4.78, 5) is 18.7. The molecule has 5 nitrogen and oxygen atoms in total. The van der Waals surface area contributed by atoms with Gasteiger partial charge in [-0.05, 0) is 32.0 Å². The van der Waals surface area contributed by atoms with Gasteiger partial charge in [0.1, 0.15) is 0 Å². The molecule has 0 atom stereocenters. The first-order chi connectivity index (χ1) is 9.58. The molecule has 0 aliphatic carbocycles. The predicted octanol–water partition coefficient (Wildman–Crippen LogP) is 2.04. The van der Waals surface area contributed by atoms with Gasteiger partial charge in [0.2, 0.25) is 0 Å². The Hall–Kier alpha value is -1.36. The topological polar surface area (TPSA) is 50.2 Å². The molecule has 0 aromatic carbocycles. The van der Waals surface area contributed by atoms with Crippen molar-refractivity contribution >= 4 is 5.82 Å². The maximum Gasteiger partial charge on any atom is 0.293 e. The van der Waals surface area contributed by atoms with E-state index in [-0.39, 0.29) is 5.56 Å². The van der Waals surface area contributed by atoms with Gasteiger partial charge in [0.05, 0.1) is 0 Å². The average Bonchev–Trinajstić information content (AvgIpc) is 2.42. The van der Waals surface area contributed by atoms with Crippen LogP contribution in [0, 0.1) is 5.92 Å². The van der Waals surface area contributed by atoms with Crippen LogP contribution in [0.3, 0.4) is 0 Å². The lowest BCUT2D eigenvalue weighted by Gasteiger charge is -2.17. The lowest BCUT2D eigenvalue weighted by atomic mass is 10.2. The summed E-state index contributed by atoms with van der Waals surface area (Å²) >= 11 is 0. The summed E-state index contributed by atoms with van der Waals surface area (Å²) in [7, 11) is 0. The van der Waals surface area contributed by atoms with Crippen LogP contribution in [0.4, 0.5) is 5.82 Å². The van der Waals surface area contributed by atoms with Crippen LogP contribution < -0.4 is 10.9 Å². The molecule has 1 rings (SSSR count). The number of aromatic nitrogens is 2. The van der Waals surface area contributed by atoms with E-state index in [4.69, 9.17) is 0 Å². The zero-order chi connectivity index (χ0) is 15.0. The summed E-state index contributed by atoms with van der Waals surface area (Å²) in [6.45, 7) is 13.2. The molecule has 1 N–H and O–H groups in total. The minimum Gasteiger partial charge on any atom is -0.365 e. The fraction of sp³-hybridized carbons (Fsp3) is 0.733. The van der Waals surface area contributed by atoms with E-state index in [1.807, 2.05) is 0 Å². The first kappa shape index (κ1) is 16.7. The van der Waals surface area contributed by atoms with E-state index in [2.05, 4.69) is 42.9 Å². The second-order valence-electron chi connectivity index (χ2n) is 5.43. The molecular weight excluding hydrogens is 252 g/mol. The van der Waals surface area contributed by atoms with E-state index in [1.54, 1.807) is 17.0 Å². The third-order valence-corrected chi connectivity index (χ3v) is 3.31. The Kier molecular flexibility index (Phi) is 7.30. The van der Waals surface area contributed by atoms with Crippen molar-refractivity contribution in [1.29, 1.82) is 0 Å². The first-order valence-corrected chi connectivity index (χ1v) is 7.60. The molecule has 5 heteroatoms. The largest absolute Gasteiger partial charge is 0.365 e. The molecule has 0 bridgehead atoms. The van der Waals surface area contributed by atoms with Gasteiger partial charge < -0.3 is 14.8 Å². The fourth-order valence-electron chi connectivity index (χ4n) is 2.15. The van der Waals surface area contributed by atoms with Crippen LogP contribution in [0.1, 0.15) is 34.1 Å². The highest BCUT2D eigenvalue weighted by molar-refractivity contribution is 5.30. The van der Waals surface area contributed by atoms with E-state index < -0.39 is 0 Å². The molecule has 0 saturated heterocycles. The molecule has 0 unspecified atom stereocenters. The molecule has 0 aliphatic heterocycles. The van der Waals surface area contributed by atoms with Gasteiger partial charge in [-0.15, -0.1) is 0 Å². The predicted molar refractivity (Wildman–Crippen MR) is 84.2 cm³/mol. The highest BCUT2D eigenvalue weighted by Gasteiger charge is 2.06. The van der Waals surface area contributed by atoms with Gasteiger partial charge >= 0.3 is 0 Å². The molecule has 1 aromatic rings. The Morgan fingerprint density at radius 1 is 1.35 bits per heavy atom. The number of anilines is 1. The number of hydrogen-bond donors (Lipinski definition) is 1. The maximum absolute atomic E-state index is 12.2. The van der Waals surface area contributed by atoms with Crippen molar-refractivity contribution in [3.63, 3.8) is 0 Å². The number of nitrogens with one attached hydrogen (secondary N) is 1. The third kappa shape index (κ3) is 5.33.